The van der Waals surface area contributed by atoms with Crippen molar-refractivity contribution in [3.8, 4) is 0 Å². The monoisotopic (exact) mass is 243 g/mol. The second-order valence-corrected chi connectivity index (χ2v) is 5.73. The molecule has 3 rings (SSSR count). The molecule has 1 saturated carbocycles. The van der Waals surface area contributed by atoms with Crippen LogP contribution in [0.15, 0.2) is 24.3 Å². The molecule has 2 aromatic rings. The van der Waals surface area contributed by atoms with Crippen LogP contribution >= 0.6 is 0 Å². The van der Waals surface area contributed by atoms with Gasteiger partial charge in [0.2, 0.25) is 0 Å². The summed E-state index contributed by atoms with van der Waals surface area (Å²) in [7, 11) is 0. The third-order valence-corrected chi connectivity index (χ3v) is 4.29. The van der Waals surface area contributed by atoms with Gasteiger partial charge in [-0.05, 0) is 38.8 Å². The zero-order valence-corrected chi connectivity index (χ0v) is 11.2. The van der Waals surface area contributed by atoms with Crippen molar-refractivity contribution >= 4 is 11.0 Å². The number of nitrogens with two attached hydrogens (primary N) is 1. The van der Waals surface area contributed by atoms with Crippen molar-refractivity contribution in [3.05, 3.63) is 30.1 Å². The van der Waals surface area contributed by atoms with Crippen molar-refractivity contribution < 1.29 is 0 Å². The van der Waals surface area contributed by atoms with E-state index >= 15 is 0 Å². The zero-order valence-electron chi connectivity index (χ0n) is 11.2. The van der Waals surface area contributed by atoms with Gasteiger partial charge in [-0.2, -0.15) is 0 Å². The van der Waals surface area contributed by atoms with Crippen molar-refractivity contribution in [2.45, 2.75) is 44.6 Å². The molecule has 96 valence electrons. The molecule has 1 fully saturated rings. The molecule has 1 aliphatic carbocycles. The lowest BCUT2D eigenvalue weighted by molar-refractivity contribution is 0.228. The van der Waals surface area contributed by atoms with Crippen LogP contribution in [0.1, 0.15) is 45.0 Å². The lowest BCUT2D eigenvalue weighted by atomic mass is 9.68. The standard InChI is InChI=1S/C15H21N3/c1-11(2)18-13-7-4-3-6-12(13)17-14(18)15(10-16)8-5-9-15/h3-4,6-7,11H,5,8-10,16H2,1-2H3. The largest absolute Gasteiger partial charge is 0.329 e. The number of hydrogen-bond acceptors (Lipinski definition) is 2. The van der Waals surface area contributed by atoms with Gasteiger partial charge in [-0.15, -0.1) is 0 Å². The van der Waals surface area contributed by atoms with Crippen molar-refractivity contribution in [3.63, 3.8) is 0 Å². The molecule has 0 saturated heterocycles. The van der Waals surface area contributed by atoms with Crippen LogP contribution in [0.5, 0.6) is 0 Å². The number of hydrogen-bond donors (Lipinski definition) is 1. The van der Waals surface area contributed by atoms with Gasteiger partial charge in [-0.1, -0.05) is 18.6 Å². The topological polar surface area (TPSA) is 43.8 Å². The van der Waals surface area contributed by atoms with Gasteiger partial charge >= 0.3 is 0 Å². The minimum atomic E-state index is 0.128. The average molecular weight is 243 g/mol. The van der Waals surface area contributed by atoms with Crippen LogP contribution in [0.4, 0.5) is 0 Å². The molecule has 1 heterocycles. The zero-order chi connectivity index (χ0) is 12.8. The number of rotatable bonds is 3. The fourth-order valence-corrected chi connectivity index (χ4v) is 3.06. The van der Waals surface area contributed by atoms with Gasteiger partial charge in [0.15, 0.2) is 0 Å². The molecule has 1 aliphatic rings. The van der Waals surface area contributed by atoms with Crippen LogP contribution < -0.4 is 5.73 Å². The fourth-order valence-electron chi connectivity index (χ4n) is 3.06. The molecule has 18 heavy (non-hydrogen) atoms. The molecule has 0 spiro atoms. The first kappa shape index (κ1) is 11.7. The number of fused-ring (bicyclic) bond motifs is 1. The van der Waals surface area contributed by atoms with Gasteiger partial charge in [0.1, 0.15) is 5.82 Å². The summed E-state index contributed by atoms with van der Waals surface area (Å²) >= 11 is 0. The van der Waals surface area contributed by atoms with E-state index in [0.29, 0.717) is 12.6 Å². The molecule has 0 aliphatic heterocycles. The van der Waals surface area contributed by atoms with Crippen molar-refractivity contribution in [2.75, 3.05) is 6.54 Å². The summed E-state index contributed by atoms with van der Waals surface area (Å²) < 4.78 is 2.38. The Hall–Kier alpha value is -1.35. The van der Waals surface area contributed by atoms with Crippen LogP contribution in [0.3, 0.4) is 0 Å². The number of para-hydroxylation sites is 2. The van der Waals surface area contributed by atoms with Crippen LogP contribution in [-0.4, -0.2) is 16.1 Å². The Kier molecular flexibility index (Phi) is 2.67. The Labute approximate surface area is 108 Å². The summed E-state index contributed by atoms with van der Waals surface area (Å²) in [6, 6.07) is 8.83. The molecule has 2 N–H and O–H groups in total. The second-order valence-electron chi connectivity index (χ2n) is 5.73. The Morgan fingerprint density at radius 2 is 2.06 bits per heavy atom. The highest BCUT2D eigenvalue weighted by molar-refractivity contribution is 5.76. The molecule has 0 radical (unpaired) electrons. The van der Waals surface area contributed by atoms with Crippen molar-refractivity contribution in [1.29, 1.82) is 0 Å². The fraction of sp³-hybridized carbons (Fsp3) is 0.533. The van der Waals surface area contributed by atoms with E-state index in [4.69, 9.17) is 10.7 Å². The third kappa shape index (κ3) is 1.50. The molecule has 0 amide bonds. The SMILES string of the molecule is CC(C)n1c(C2(CN)CCC2)nc2ccccc21. The third-order valence-electron chi connectivity index (χ3n) is 4.29. The molecule has 3 heteroatoms. The molecule has 0 atom stereocenters. The van der Waals surface area contributed by atoms with Gasteiger partial charge in [-0.25, -0.2) is 4.98 Å². The Bertz CT molecular complexity index is 559. The minimum absolute atomic E-state index is 0.128. The summed E-state index contributed by atoms with van der Waals surface area (Å²) in [6.07, 6.45) is 3.64. The molecular formula is C15H21N3. The van der Waals surface area contributed by atoms with E-state index in [9.17, 15) is 0 Å². The van der Waals surface area contributed by atoms with E-state index in [1.54, 1.807) is 0 Å². The van der Waals surface area contributed by atoms with E-state index in [1.165, 1.54) is 30.6 Å². The van der Waals surface area contributed by atoms with Crippen LogP contribution in [0, 0.1) is 0 Å². The Morgan fingerprint density at radius 1 is 1.33 bits per heavy atom. The van der Waals surface area contributed by atoms with Gasteiger partial charge in [0.25, 0.3) is 0 Å². The van der Waals surface area contributed by atoms with Crippen LogP contribution in [0.2, 0.25) is 0 Å². The summed E-state index contributed by atoms with van der Waals surface area (Å²) in [6.45, 7) is 5.16. The Morgan fingerprint density at radius 3 is 2.61 bits per heavy atom. The summed E-state index contributed by atoms with van der Waals surface area (Å²) in [5.74, 6) is 1.20. The summed E-state index contributed by atoms with van der Waals surface area (Å²) in [5, 5.41) is 0. The number of imidazole rings is 1. The minimum Gasteiger partial charge on any atom is -0.329 e. The Balaban J connectivity index is 2.25. The first-order valence-electron chi connectivity index (χ1n) is 6.85. The number of benzene rings is 1. The first-order valence-corrected chi connectivity index (χ1v) is 6.85. The maximum atomic E-state index is 6.04. The molecule has 3 nitrogen and oxygen atoms in total. The molecule has 1 aromatic heterocycles. The van der Waals surface area contributed by atoms with E-state index in [1.807, 2.05) is 0 Å². The number of aromatic nitrogens is 2. The second kappa shape index (κ2) is 4.09. The predicted molar refractivity (Wildman–Crippen MR) is 74.7 cm³/mol. The average Bonchev–Trinajstić information content (AvgIpc) is 2.67. The van der Waals surface area contributed by atoms with E-state index in [2.05, 4.69) is 42.7 Å². The van der Waals surface area contributed by atoms with E-state index < -0.39 is 0 Å². The first-order chi connectivity index (χ1) is 8.68. The smallest absolute Gasteiger partial charge is 0.117 e. The highest BCUT2D eigenvalue weighted by Crippen LogP contribution is 2.44. The van der Waals surface area contributed by atoms with E-state index in [-0.39, 0.29) is 5.41 Å². The lowest BCUT2D eigenvalue weighted by Gasteiger charge is -2.41. The van der Waals surface area contributed by atoms with Gasteiger partial charge in [0.05, 0.1) is 11.0 Å². The summed E-state index contributed by atoms with van der Waals surface area (Å²) in [5.41, 5.74) is 8.50. The number of nitrogens with zero attached hydrogens (tertiary/aromatic N) is 2. The van der Waals surface area contributed by atoms with Crippen molar-refractivity contribution in [1.82, 2.24) is 9.55 Å². The summed E-state index contributed by atoms with van der Waals surface area (Å²) in [4.78, 5) is 4.88. The molecule has 0 unspecified atom stereocenters. The predicted octanol–water partition coefficient (Wildman–Crippen LogP) is 3.00. The van der Waals surface area contributed by atoms with Gasteiger partial charge in [-0.3, -0.25) is 0 Å². The quantitative estimate of drug-likeness (QED) is 0.900. The van der Waals surface area contributed by atoms with Gasteiger partial charge < -0.3 is 10.3 Å². The van der Waals surface area contributed by atoms with Gasteiger partial charge in [0, 0.05) is 18.0 Å². The van der Waals surface area contributed by atoms with Crippen molar-refractivity contribution in [2.24, 2.45) is 5.73 Å². The lowest BCUT2D eigenvalue weighted by Crippen LogP contribution is -2.44. The molecular weight excluding hydrogens is 222 g/mol. The highest BCUT2D eigenvalue weighted by Gasteiger charge is 2.41. The maximum Gasteiger partial charge on any atom is 0.117 e. The molecule has 0 bridgehead atoms. The van der Waals surface area contributed by atoms with Crippen LogP contribution in [0.25, 0.3) is 11.0 Å². The van der Waals surface area contributed by atoms with E-state index in [0.717, 1.165) is 5.52 Å². The highest BCUT2D eigenvalue weighted by atomic mass is 15.1. The molecule has 1 aromatic carbocycles. The maximum absolute atomic E-state index is 6.04. The normalized spacial score (nSPS) is 18.2. The van der Waals surface area contributed by atoms with Crippen LogP contribution in [-0.2, 0) is 5.41 Å².